The molecule has 3 N–H and O–H groups in total. The lowest BCUT2D eigenvalue weighted by Gasteiger charge is -2.22. The summed E-state index contributed by atoms with van der Waals surface area (Å²) in [6.45, 7) is 4.95. The number of esters is 1. The third-order valence-corrected chi connectivity index (χ3v) is 15.0. The normalized spacial score (nSPS) is 12.7. The molecule has 0 bridgehead atoms. The van der Waals surface area contributed by atoms with Crippen LogP contribution in [0.5, 0.6) is 0 Å². The van der Waals surface area contributed by atoms with Crippen molar-refractivity contribution < 1.29 is 24.5 Å². The molecule has 0 aromatic carbocycles. The molecule has 0 fully saturated rings. The molecule has 2 unspecified atom stereocenters. The zero-order valence-electron chi connectivity index (χ0n) is 48.0. The molecule has 0 saturated heterocycles. The van der Waals surface area contributed by atoms with E-state index >= 15 is 0 Å². The van der Waals surface area contributed by atoms with Crippen molar-refractivity contribution in [1.29, 1.82) is 0 Å². The van der Waals surface area contributed by atoms with Gasteiger partial charge in [0.25, 0.3) is 0 Å². The van der Waals surface area contributed by atoms with Crippen molar-refractivity contribution in [2.45, 2.75) is 366 Å². The minimum atomic E-state index is -0.676. The fourth-order valence-electron chi connectivity index (χ4n) is 10.0. The molecular weight excluding hydrogens is 875 g/mol. The molecule has 0 rings (SSSR count). The second-order valence-corrected chi connectivity index (χ2v) is 22.1. The number of aliphatic hydroxyl groups excluding tert-OH is 2. The Morgan fingerprint density at radius 1 is 0.380 bits per heavy atom. The number of amides is 1. The second kappa shape index (κ2) is 60.9. The SMILES string of the molecule is CCCCCCCCC/C=C\CCCCCCCC(=O)OCCCCCCCCC/C=C\CCCCCCCC(=O)NC(CO)C(O)CCCCCCCCCCCCCCCCCCCCCCCC. The third-order valence-electron chi connectivity index (χ3n) is 15.0. The summed E-state index contributed by atoms with van der Waals surface area (Å²) in [6.07, 6.45) is 74.7. The van der Waals surface area contributed by atoms with Gasteiger partial charge < -0.3 is 20.3 Å². The van der Waals surface area contributed by atoms with Gasteiger partial charge in [-0.25, -0.2) is 0 Å². The number of carbonyl (C=O) groups excluding carboxylic acids is 2. The summed E-state index contributed by atoms with van der Waals surface area (Å²) >= 11 is 0. The molecule has 0 aliphatic rings. The van der Waals surface area contributed by atoms with E-state index in [1.165, 1.54) is 257 Å². The molecule has 0 aromatic heterocycles. The Balaban J connectivity index is 3.46. The highest BCUT2D eigenvalue weighted by Gasteiger charge is 2.20. The van der Waals surface area contributed by atoms with Crippen LogP contribution in [-0.2, 0) is 14.3 Å². The molecule has 6 nitrogen and oxygen atoms in total. The quantitative estimate of drug-likeness (QED) is 0.0320. The summed E-state index contributed by atoms with van der Waals surface area (Å²) in [5.74, 6) is -0.0581. The van der Waals surface area contributed by atoms with Gasteiger partial charge in [-0.05, 0) is 77.0 Å². The predicted octanol–water partition coefficient (Wildman–Crippen LogP) is 20.2. The van der Waals surface area contributed by atoms with Gasteiger partial charge in [0.1, 0.15) is 0 Å². The van der Waals surface area contributed by atoms with Crippen LogP contribution in [0.4, 0.5) is 0 Å². The van der Waals surface area contributed by atoms with E-state index in [2.05, 4.69) is 43.5 Å². The first-order valence-electron chi connectivity index (χ1n) is 32.1. The van der Waals surface area contributed by atoms with Crippen LogP contribution in [0.15, 0.2) is 24.3 Å². The summed E-state index contributed by atoms with van der Waals surface area (Å²) in [4.78, 5) is 24.6. The van der Waals surface area contributed by atoms with E-state index in [1.807, 2.05) is 0 Å². The zero-order chi connectivity index (χ0) is 51.4. The molecule has 420 valence electrons. The Hall–Kier alpha value is -1.66. The average molecular weight is 1000 g/mol. The van der Waals surface area contributed by atoms with Gasteiger partial charge in [-0.3, -0.25) is 9.59 Å². The molecule has 0 aromatic rings. The third kappa shape index (κ3) is 57.5. The maximum absolute atomic E-state index is 12.5. The summed E-state index contributed by atoms with van der Waals surface area (Å²) in [5, 5.41) is 23.4. The van der Waals surface area contributed by atoms with Gasteiger partial charge in [-0.15, -0.1) is 0 Å². The van der Waals surface area contributed by atoms with Crippen LogP contribution in [0.1, 0.15) is 354 Å². The van der Waals surface area contributed by atoms with Crippen molar-refractivity contribution >= 4 is 11.9 Å². The molecule has 2 atom stereocenters. The number of hydrogen-bond acceptors (Lipinski definition) is 5. The van der Waals surface area contributed by atoms with Crippen LogP contribution < -0.4 is 5.32 Å². The molecule has 1 amide bonds. The number of allylic oxidation sites excluding steroid dienone is 4. The first kappa shape index (κ1) is 69.3. The Morgan fingerprint density at radius 3 is 1.00 bits per heavy atom. The lowest BCUT2D eigenvalue weighted by atomic mass is 10.0. The lowest BCUT2D eigenvalue weighted by Crippen LogP contribution is -2.45. The number of nitrogens with one attached hydrogen (secondary N) is 1. The van der Waals surface area contributed by atoms with Crippen LogP contribution in [0, 0.1) is 0 Å². The van der Waals surface area contributed by atoms with Crippen LogP contribution in [0.25, 0.3) is 0 Å². The monoisotopic (exact) mass is 1000 g/mol. The molecule has 0 aliphatic carbocycles. The second-order valence-electron chi connectivity index (χ2n) is 22.1. The van der Waals surface area contributed by atoms with Crippen LogP contribution in [0.3, 0.4) is 0 Å². The number of rotatable bonds is 60. The number of unbranched alkanes of at least 4 members (excludes halogenated alkanes) is 45. The van der Waals surface area contributed by atoms with E-state index in [0.717, 1.165) is 64.2 Å². The molecule has 0 radical (unpaired) electrons. The van der Waals surface area contributed by atoms with Gasteiger partial charge in [0, 0.05) is 12.8 Å². The van der Waals surface area contributed by atoms with Crippen LogP contribution in [-0.4, -0.2) is 47.4 Å². The zero-order valence-corrected chi connectivity index (χ0v) is 48.0. The van der Waals surface area contributed by atoms with Gasteiger partial charge in [0.15, 0.2) is 0 Å². The van der Waals surface area contributed by atoms with Gasteiger partial charge in [0.05, 0.1) is 25.4 Å². The number of aliphatic hydroxyl groups is 2. The molecule has 0 saturated carbocycles. The standard InChI is InChI=1S/C65H125NO5/c1-3-5-7-9-11-13-15-17-19-21-22-23-24-25-26-29-33-37-41-45-49-53-57-63(68)62(61-67)66-64(69)58-54-50-46-42-38-34-30-27-28-32-36-40-44-48-52-56-60-71-65(70)59-55-51-47-43-39-35-31-20-18-16-14-12-10-8-6-4-2/h20,27,30-31,62-63,67-68H,3-19,21-26,28-29,32-61H2,1-2H3,(H,66,69)/b30-27-,31-20-. The smallest absolute Gasteiger partial charge is 0.305 e. The summed E-state index contributed by atoms with van der Waals surface area (Å²) < 4.78 is 5.48. The van der Waals surface area contributed by atoms with E-state index in [1.54, 1.807) is 0 Å². The molecule has 71 heavy (non-hydrogen) atoms. The van der Waals surface area contributed by atoms with E-state index in [9.17, 15) is 19.8 Å². The summed E-state index contributed by atoms with van der Waals surface area (Å²) in [5.41, 5.74) is 0. The molecule has 6 heteroatoms. The Labute approximate surface area is 443 Å². The average Bonchev–Trinajstić information content (AvgIpc) is 3.37. The number of ether oxygens (including phenoxy) is 1. The summed E-state index contributed by atoms with van der Waals surface area (Å²) in [6, 6.07) is -0.555. The number of hydrogen-bond donors (Lipinski definition) is 3. The van der Waals surface area contributed by atoms with Crippen molar-refractivity contribution in [3.8, 4) is 0 Å². The van der Waals surface area contributed by atoms with E-state index < -0.39 is 12.1 Å². The largest absolute Gasteiger partial charge is 0.466 e. The molecular formula is C65H125NO5. The maximum atomic E-state index is 12.5. The van der Waals surface area contributed by atoms with E-state index in [-0.39, 0.29) is 18.5 Å². The highest BCUT2D eigenvalue weighted by atomic mass is 16.5. The Kier molecular flexibility index (Phi) is 59.5. The highest BCUT2D eigenvalue weighted by molar-refractivity contribution is 5.76. The fourth-order valence-corrected chi connectivity index (χ4v) is 10.0. The van der Waals surface area contributed by atoms with E-state index in [4.69, 9.17) is 4.74 Å². The first-order chi connectivity index (χ1) is 35.0. The Bertz CT molecular complexity index is 1110. The molecule has 0 aliphatic heterocycles. The minimum absolute atomic E-state index is 0.00931. The van der Waals surface area contributed by atoms with Gasteiger partial charge >= 0.3 is 5.97 Å². The molecule has 0 spiro atoms. The first-order valence-corrected chi connectivity index (χ1v) is 32.1. The predicted molar refractivity (Wildman–Crippen MR) is 310 cm³/mol. The lowest BCUT2D eigenvalue weighted by molar-refractivity contribution is -0.143. The van der Waals surface area contributed by atoms with Crippen molar-refractivity contribution in [3.63, 3.8) is 0 Å². The van der Waals surface area contributed by atoms with Crippen LogP contribution in [0.2, 0.25) is 0 Å². The topological polar surface area (TPSA) is 95.9 Å². The highest BCUT2D eigenvalue weighted by Crippen LogP contribution is 2.18. The van der Waals surface area contributed by atoms with Crippen molar-refractivity contribution in [1.82, 2.24) is 5.32 Å². The number of carbonyl (C=O) groups is 2. The minimum Gasteiger partial charge on any atom is -0.466 e. The van der Waals surface area contributed by atoms with Crippen molar-refractivity contribution in [3.05, 3.63) is 24.3 Å². The summed E-state index contributed by atoms with van der Waals surface area (Å²) in [7, 11) is 0. The van der Waals surface area contributed by atoms with Crippen LogP contribution >= 0.6 is 0 Å². The van der Waals surface area contributed by atoms with Gasteiger partial charge in [0.2, 0.25) is 5.91 Å². The fraction of sp³-hybridized carbons (Fsp3) is 0.908. The van der Waals surface area contributed by atoms with Crippen molar-refractivity contribution in [2.75, 3.05) is 13.2 Å². The maximum Gasteiger partial charge on any atom is 0.305 e. The van der Waals surface area contributed by atoms with E-state index in [0.29, 0.717) is 25.9 Å². The van der Waals surface area contributed by atoms with Gasteiger partial charge in [-0.2, -0.15) is 0 Å². The van der Waals surface area contributed by atoms with Gasteiger partial charge in [-0.1, -0.05) is 289 Å². The van der Waals surface area contributed by atoms with Crippen molar-refractivity contribution in [2.24, 2.45) is 0 Å². The Morgan fingerprint density at radius 2 is 0.662 bits per heavy atom. The molecule has 0 heterocycles.